The van der Waals surface area contributed by atoms with E-state index in [0.29, 0.717) is 15.6 Å². The van der Waals surface area contributed by atoms with E-state index in [9.17, 15) is 14.7 Å². The molecular formula is C17H13N2O3S2-. The van der Waals surface area contributed by atoms with E-state index >= 15 is 0 Å². The van der Waals surface area contributed by atoms with E-state index < -0.39 is 5.97 Å². The molecule has 1 aromatic heterocycles. The lowest BCUT2D eigenvalue weighted by Crippen LogP contribution is -2.30. The van der Waals surface area contributed by atoms with Gasteiger partial charge in [-0.05, 0) is 42.7 Å². The lowest BCUT2D eigenvalue weighted by Gasteiger charge is -2.14. The fraction of sp³-hybridized carbons (Fsp3) is 0.176. The van der Waals surface area contributed by atoms with E-state index in [2.05, 4.69) is 4.98 Å². The summed E-state index contributed by atoms with van der Waals surface area (Å²) in [6.45, 7) is 0.289. The van der Waals surface area contributed by atoms with Gasteiger partial charge >= 0.3 is 0 Å². The summed E-state index contributed by atoms with van der Waals surface area (Å²) in [4.78, 5) is 29.2. The Morgan fingerprint density at radius 3 is 3.00 bits per heavy atom. The lowest BCUT2D eigenvalue weighted by atomic mass is 10.1. The van der Waals surface area contributed by atoms with Gasteiger partial charge in [-0.2, -0.15) is 0 Å². The van der Waals surface area contributed by atoms with Crippen LogP contribution in [-0.2, 0) is 9.59 Å². The van der Waals surface area contributed by atoms with Crippen LogP contribution < -0.4 is 5.11 Å². The molecule has 0 radical (unpaired) electrons. The van der Waals surface area contributed by atoms with Gasteiger partial charge in [0.1, 0.15) is 4.32 Å². The highest BCUT2D eigenvalue weighted by atomic mass is 32.2. The Labute approximate surface area is 148 Å². The van der Waals surface area contributed by atoms with E-state index in [1.165, 1.54) is 16.7 Å². The van der Waals surface area contributed by atoms with Crippen molar-refractivity contribution in [1.82, 2.24) is 9.88 Å². The van der Waals surface area contributed by atoms with Crippen LogP contribution >= 0.6 is 24.0 Å². The molecule has 0 saturated carbocycles. The van der Waals surface area contributed by atoms with Crippen molar-refractivity contribution in [3.63, 3.8) is 0 Å². The Morgan fingerprint density at radius 2 is 2.21 bits per heavy atom. The third-order valence-corrected chi connectivity index (χ3v) is 4.94. The second-order valence-electron chi connectivity index (χ2n) is 5.26. The van der Waals surface area contributed by atoms with Crippen molar-refractivity contribution >= 4 is 57.2 Å². The van der Waals surface area contributed by atoms with Gasteiger partial charge in [0.25, 0.3) is 5.91 Å². The Hall–Kier alpha value is -2.25. The monoisotopic (exact) mass is 357 g/mol. The highest BCUT2D eigenvalue weighted by Gasteiger charge is 2.31. The second kappa shape index (κ2) is 7.11. The molecule has 1 aromatic carbocycles. The number of hydrogen-bond acceptors (Lipinski definition) is 6. The van der Waals surface area contributed by atoms with Crippen LogP contribution in [0.15, 0.2) is 41.4 Å². The Bertz CT molecular complexity index is 864. The third kappa shape index (κ3) is 3.63. The topological polar surface area (TPSA) is 73.3 Å². The van der Waals surface area contributed by atoms with Gasteiger partial charge in [-0.25, -0.2) is 0 Å². The summed E-state index contributed by atoms with van der Waals surface area (Å²) >= 11 is 6.45. The summed E-state index contributed by atoms with van der Waals surface area (Å²) in [6.07, 6.45) is 3.77. The van der Waals surface area contributed by atoms with Crippen molar-refractivity contribution in [2.75, 3.05) is 6.54 Å². The molecule has 0 atom stereocenters. The van der Waals surface area contributed by atoms with Gasteiger partial charge in [0.2, 0.25) is 0 Å². The average Bonchev–Trinajstić information content (AvgIpc) is 2.82. The molecule has 0 aliphatic carbocycles. The zero-order valence-electron chi connectivity index (χ0n) is 12.6. The number of carboxylic acids is 1. The number of fused-ring (bicyclic) bond motifs is 1. The van der Waals surface area contributed by atoms with Crippen molar-refractivity contribution in [3.05, 3.63) is 47.0 Å². The van der Waals surface area contributed by atoms with Gasteiger partial charge in [0.05, 0.1) is 10.4 Å². The molecule has 1 fully saturated rings. The number of amides is 1. The summed E-state index contributed by atoms with van der Waals surface area (Å²) in [7, 11) is 0. The summed E-state index contributed by atoms with van der Waals surface area (Å²) in [5, 5.41) is 11.5. The summed E-state index contributed by atoms with van der Waals surface area (Å²) < 4.78 is 0.451. The predicted molar refractivity (Wildman–Crippen MR) is 95.9 cm³/mol. The zero-order chi connectivity index (χ0) is 17.1. The lowest BCUT2D eigenvalue weighted by molar-refractivity contribution is -0.305. The quantitative estimate of drug-likeness (QED) is 0.602. The molecule has 0 spiro atoms. The molecule has 2 heterocycles. The first-order chi connectivity index (χ1) is 11.5. The number of hydrogen-bond donors (Lipinski definition) is 0. The largest absolute Gasteiger partial charge is 0.550 e. The van der Waals surface area contributed by atoms with Crippen LogP contribution in [0.2, 0.25) is 0 Å². The number of aromatic nitrogens is 1. The molecule has 3 rings (SSSR count). The standard InChI is InChI=1S/C17H14N2O3S2/c20-15(21)4-2-8-19-16(22)14(24-17(19)23)10-11-5-6-13-12(9-11)3-1-7-18-13/h1,3,5-7,9-10H,2,4,8H2,(H,20,21)/p-1/b14-10-. The molecule has 0 N–H and O–H groups in total. The van der Waals surface area contributed by atoms with Crippen molar-refractivity contribution in [1.29, 1.82) is 0 Å². The van der Waals surface area contributed by atoms with Gasteiger partial charge in [-0.3, -0.25) is 14.7 Å². The molecule has 1 aliphatic heterocycles. The Morgan fingerprint density at radius 1 is 1.38 bits per heavy atom. The van der Waals surface area contributed by atoms with Crippen LogP contribution in [0.25, 0.3) is 17.0 Å². The summed E-state index contributed by atoms with van der Waals surface area (Å²) in [5.41, 5.74) is 1.79. The van der Waals surface area contributed by atoms with Crippen LogP contribution in [0.5, 0.6) is 0 Å². The molecule has 0 unspecified atom stereocenters. The normalized spacial score (nSPS) is 16.3. The van der Waals surface area contributed by atoms with Crippen LogP contribution in [0.4, 0.5) is 0 Å². The Balaban J connectivity index is 1.78. The molecule has 5 nitrogen and oxygen atoms in total. The second-order valence-corrected chi connectivity index (χ2v) is 6.94. The van der Waals surface area contributed by atoms with Crippen molar-refractivity contribution in [2.24, 2.45) is 0 Å². The molecule has 7 heteroatoms. The number of carbonyl (C=O) groups is 2. The summed E-state index contributed by atoms with van der Waals surface area (Å²) in [5.74, 6) is -1.31. The molecule has 2 aromatic rings. The van der Waals surface area contributed by atoms with Gasteiger partial charge < -0.3 is 9.90 Å². The van der Waals surface area contributed by atoms with Crippen LogP contribution in [0.3, 0.4) is 0 Å². The predicted octanol–water partition coefficient (Wildman–Crippen LogP) is 1.97. The minimum Gasteiger partial charge on any atom is -0.550 e. The van der Waals surface area contributed by atoms with Gasteiger partial charge in [0, 0.05) is 24.1 Å². The number of thioether (sulfide) groups is 1. The van der Waals surface area contributed by atoms with Crippen molar-refractivity contribution < 1.29 is 14.7 Å². The third-order valence-electron chi connectivity index (χ3n) is 3.56. The minimum atomic E-state index is -1.12. The fourth-order valence-corrected chi connectivity index (χ4v) is 3.72. The molecule has 122 valence electrons. The Kier molecular flexibility index (Phi) is 4.92. The molecule has 0 bridgehead atoms. The van der Waals surface area contributed by atoms with Crippen LogP contribution in [0.1, 0.15) is 18.4 Å². The number of carboxylic acid groups (broad SMARTS) is 1. The van der Waals surface area contributed by atoms with E-state index in [4.69, 9.17) is 12.2 Å². The average molecular weight is 357 g/mol. The highest BCUT2D eigenvalue weighted by molar-refractivity contribution is 8.26. The number of carbonyl (C=O) groups excluding carboxylic acids is 2. The maximum atomic E-state index is 12.4. The maximum absolute atomic E-state index is 12.4. The van der Waals surface area contributed by atoms with Gasteiger partial charge in [-0.15, -0.1) is 0 Å². The summed E-state index contributed by atoms with van der Waals surface area (Å²) in [6, 6.07) is 9.60. The first kappa shape index (κ1) is 16.6. The molecule has 24 heavy (non-hydrogen) atoms. The number of nitrogens with zero attached hydrogens (tertiary/aromatic N) is 2. The number of pyridine rings is 1. The van der Waals surface area contributed by atoms with Gasteiger partial charge in [-0.1, -0.05) is 36.1 Å². The maximum Gasteiger partial charge on any atom is 0.266 e. The van der Waals surface area contributed by atoms with Crippen molar-refractivity contribution in [2.45, 2.75) is 12.8 Å². The van der Waals surface area contributed by atoms with E-state index in [0.717, 1.165) is 16.5 Å². The number of benzene rings is 1. The minimum absolute atomic E-state index is 0.0895. The molecular weight excluding hydrogens is 344 g/mol. The molecule has 1 saturated heterocycles. The van der Waals surface area contributed by atoms with Crippen molar-refractivity contribution in [3.8, 4) is 0 Å². The number of aliphatic carboxylic acids is 1. The molecule has 1 amide bonds. The smallest absolute Gasteiger partial charge is 0.266 e. The zero-order valence-corrected chi connectivity index (χ0v) is 14.2. The van der Waals surface area contributed by atoms with E-state index in [1.807, 2.05) is 30.3 Å². The SMILES string of the molecule is O=C([O-])CCCN1C(=O)/C(=C/c2ccc3ncccc3c2)SC1=S. The van der Waals surface area contributed by atoms with Crippen LogP contribution in [0, 0.1) is 0 Å². The first-order valence-electron chi connectivity index (χ1n) is 7.34. The number of thiocarbonyl (C=S) groups is 1. The van der Waals surface area contributed by atoms with E-state index in [-0.39, 0.29) is 18.9 Å². The fourth-order valence-electron chi connectivity index (χ4n) is 2.41. The van der Waals surface area contributed by atoms with Crippen LogP contribution in [-0.4, -0.2) is 32.6 Å². The first-order valence-corrected chi connectivity index (χ1v) is 8.57. The highest BCUT2D eigenvalue weighted by Crippen LogP contribution is 2.33. The van der Waals surface area contributed by atoms with E-state index in [1.54, 1.807) is 12.3 Å². The number of rotatable bonds is 5. The van der Waals surface area contributed by atoms with Gasteiger partial charge in [0.15, 0.2) is 0 Å². The molecule has 1 aliphatic rings.